The summed E-state index contributed by atoms with van der Waals surface area (Å²) < 4.78 is 10.2. The minimum absolute atomic E-state index is 0.185. The van der Waals surface area contributed by atoms with Crippen molar-refractivity contribution >= 4 is 12.1 Å². The number of esters is 1. The van der Waals surface area contributed by atoms with Crippen LogP contribution in [0.4, 0.5) is 4.79 Å². The summed E-state index contributed by atoms with van der Waals surface area (Å²) >= 11 is 0. The molecule has 1 unspecified atom stereocenters. The van der Waals surface area contributed by atoms with Crippen LogP contribution in [-0.2, 0) is 14.3 Å². The van der Waals surface area contributed by atoms with Crippen LogP contribution >= 0.6 is 0 Å². The van der Waals surface area contributed by atoms with E-state index in [1.165, 1.54) is 7.11 Å². The zero-order valence-electron chi connectivity index (χ0n) is 15.3. The highest BCUT2D eigenvalue weighted by Gasteiger charge is 2.28. The summed E-state index contributed by atoms with van der Waals surface area (Å²) in [6.45, 7) is 11.8. The summed E-state index contributed by atoms with van der Waals surface area (Å²) in [5.74, 6) is 0.426. The Morgan fingerprint density at radius 3 is 2.22 bits per heavy atom. The average Bonchev–Trinajstić information content (AvgIpc) is 2.45. The molecule has 0 bridgehead atoms. The van der Waals surface area contributed by atoms with E-state index in [1.54, 1.807) is 4.90 Å². The van der Waals surface area contributed by atoms with Gasteiger partial charge >= 0.3 is 12.1 Å². The lowest BCUT2D eigenvalue weighted by atomic mass is 9.95. The van der Waals surface area contributed by atoms with Gasteiger partial charge in [0.05, 0.1) is 7.11 Å². The largest absolute Gasteiger partial charge is 0.468 e. The first-order valence-electron chi connectivity index (χ1n) is 8.43. The molecule has 1 amide bonds. The monoisotopic (exact) mass is 328 g/mol. The fourth-order valence-corrected chi connectivity index (χ4v) is 2.66. The van der Waals surface area contributed by atoms with Gasteiger partial charge in [-0.05, 0) is 52.0 Å². The fraction of sp³-hybridized carbons (Fsp3) is 0.882. The molecule has 0 saturated carbocycles. The van der Waals surface area contributed by atoms with Crippen LogP contribution in [0.5, 0.6) is 0 Å². The third-order valence-corrected chi connectivity index (χ3v) is 4.01. The molecular formula is C17H32N2O4. The number of nitrogens with zero attached hydrogens (tertiary/aromatic N) is 1. The van der Waals surface area contributed by atoms with Crippen LogP contribution in [0.15, 0.2) is 0 Å². The highest BCUT2D eigenvalue weighted by Crippen LogP contribution is 2.19. The topological polar surface area (TPSA) is 67.9 Å². The second-order valence-corrected chi connectivity index (χ2v) is 7.56. The maximum Gasteiger partial charge on any atom is 0.410 e. The molecule has 0 aliphatic carbocycles. The average molecular weight is 328 g/mol. The molecule has 0 aromatic heterocycles. The van der Waals surface area contributed by atoms with E-state index < -0.39 is 5.60 Å². The number of hydrogen-bond donors (Lipinski definition) is 1. The minimum atomic E-state index is -0.458. The first kappa shape index (κ1) is 19.7. The van der Waals surface area contributed by atoms with Gasteiger partial charge in [0.15, 0.2) is 0 Å². The van der Waals surface area contributed by atoms with Gasteiger partial charge in [0.2, 0.25) is 0 Å². The van der Waals surface area contributed by atoms with Gasteiger partial charge in [-0.15, -0.1) is 0 Å². The van der Waals surface area contributed by atoms with Gasteiger partial charge in [-0.25, -0.2) is 4.79 Å². The first-order valence-corrected chi connectivity index (χ1v) is 8.43. The molecule has 0 aromatic carbocycles. The van der Waals surface area contributed by atoms with Gasteiger partial charge in [-0.3, -0.25) is 4.79 Å². The zero-order valence-corrected chi connectivity index (χ0v) is 15.3. The van der Waals surface area contributed by atoms with E-state index >= 15 is 0 Å². The van der Waals surface area contributed by atoms with Crippen molar-refractivity contribution in [2.75, 3.05) is 26.7 Å². The fourth-order valence-electron chi connectivity index (χ4n) is 2.66. The third kappa shape index (κ3) is 6.77. The number of amides is 1. The summed E-state index contributed by atoms with van der Waals surface area (Å²) in [7, 11) is 1.42. The second-order valence-electron chi connectivity index (χ2n) is 7.56. The number of piperidine rings is 1. The molecule has 1 fully saturated rings. The van der Waals surface area contributed by atoms with Crippen molar-refractivity contribution in [3.63, 3.8) is 0 Å². The van der Waals surface area contributed by atoms with Crippen molar-refractivity contribution in [2.45, 2.75) is 59.1 Å². The van der Waals surface area contributed by atoms with E-state index in [-0.39, 0.29) is 24.0 Å². The summed E-state index contributed by atoms with van der Waals surface area (Å²) in [6, 6.07) is -0.274. The Labute approximate surface area is 139 Å². The number of carbonyl (C=O) groups is 2. The molecule has 1 atom stereocenters. The minimum Gasteiger partial charge on any atom is -0.468 e. The number of hydrogen-bond acceptors (Lipinski definition) is 5. The molecule has 23 heavy (non-hydrogen) atoms. The van der Waals surface area contributed by atoms with E-state index in [9.17, 15) is 9.59 Å². The van der Waals surface area contributed by atoms with Crippen molar-refractivity contribution in [1.82, 2.24) is 10.2 Å². The van der Waals surface area contributed by atoms with Crippen molar-refractivity contribution in [2.24, 2.45) is 11.8 Å². The van der Waals surface area contributed by atoms with Crippen LogP contribution in [0.3, 0.4) is 0 Å². The predicted octanol–water partition coefficient (Wildman–Crippen LogP) is 2.42. The van der Waals surface area contributed by atoms with Crippen LogP contribution in [0, 0.1) is 11.8 Å². The maximum atomic E-state index is 12.0. The van der Waals surface area contributed by atoms with E-state index in [1.807, 2.05) is 34.6 Å². The second kappa shape index (κ2) is 8.52. The SMILES string of the molecule is COC(=O)C(NCC1CCN(C(=O)OC(C)(C)C)CC1)C(C)C. The quantitative estimate of drug-likeness (QED) is 0.785. The Morgan fingerprint density at radius 1 is 1.22 bits per heavy atom. The highest BCUT2D eigenvalue weighted by atomic mass is 16.6. The van der Waals surface area contributed by atoms with Crippen molar-refractivity contribution < 1.29 is 19.1 Å². The van der Waals surface area contributed by atoms with Gasteiger partial charge in [0.1, 0.15) is 11.6 Å². The van der Waals surface area contributed by atoms with E-state index in [2.05, 4.69) is 5.32 Å². The number of ether oxygens (including phenoxy) is 2. The molecule has 1 aliphatic heterocycles. The Morgan fingerprint density at radius 2 is 1.78 bits per heavy atom. The molecule has 1 N–H and O–H groups in total. The van der Waals surface area contributed by atoms with Crippen LogP contribution in [0.1, 0.15) is 47.5 Å². The van der Waals surface area contributed by atoms with Gasteiger partial charge in [0.25, 0.3) is 0 Å². The Balaban J connectivity index is 2.39. The van der Waals surface area contributed by atoms with E-state index in [4.69, 9.17) is 9.47 Å². The molecule has 0 spiro atoms. The van der Waals surface area contributed by atoms with Crippen molar-refractivity contribution in [3.8, 4) is 0 Å². The van der Waals surface area contributed by atoms with Gasteiger partial charge < -0.3 is 19.7 Å². The molecule has 0 radical (unpaired) electrons. The smallest absolute Gasteiger partial charge is 0.410 e. The van der Waals surface area contributed by atoms with Crippen molar-refractivity contribution in [1.29, 1.82) is 0 Å². The van der Waals surface area contributed by atoms with Crippen molar-refractivity contribution in [3.05, 3.63) is 0 Å². The Hall–Kier alpha value is -1.30. The maximum absolute atomic E-state index is 12.0. The molecule has 0 aromatic rings. The molecule has 1 aliphatic rings. The molecule has 6 nitrogen and oxygen atoms in total. The lowest BCUT2D eigenvalue weighted by molar-refractivity contribution is -0.144. The number of likely N-dealkylation sites (tertiary alicyclic amines) is 1. The molecule has 1 rings (SSSR count). The molecule has 134 valence electrons. The Kier molecular flexibility index (Phi) is 7.32. The molecular weight excluding hydrogens is 296 g/mol. The lowest BCUT2D eigenvalue weighted by Gasteiger charge is -2.34. The zero-order chi connectivity index (χ0) is 17.6. The normalized spacial score (nSPS) is 18.0. The Bertz CT molecular complexity index is 396. The molecule has 1 heterocycles. The highest BCUT2D eigenvalue weighted by molar-refractivity contribution is 5.75. The van der Waals surface area contributed by atoms with Gasteiger partial charge in [-0.2, -0.15) is 0 Å². The number of carbonyl (C=O) groups excluding carboxylic acids is 2. The molecule has 6 heteroatoms. The van der Waals surface area contributed by atoms with E-state index in [0.29, 0.717) is 19.0 Å². The first-order chi connectivity index (χ1) is 10.6. The lowest BCUT2D eigenvalue weighted by Crippen LogP contribution is -2.47. The summed E-state index contributed by atoms with van der Waals surface area (Å²) in [5, 5.41) is 3.31. The summed E-state index contributed by atoms with van der Waals surface area (Å²) in [4.78, 5) is 25.5. The summed E-state index contributed by atoms with van der Waals surface area (Å²) in [6.07, 6.45) is 1.59. The predicted molar refractivity (Wildman–Crippen MR) is 89.2 cm³/mol. The van der Waals surface area contributed by atoms with E-state index in [0.717, 1.165) is 19.4 Å². The number of rotatable bonds is 5. The third-order valence-electron chi connectivity index (χ3n) is 4.01. The number of nitrogens with one attached hydrogen (secondary N) is 1. The molecule has 1 saturated heterocycles. The van der Waals surface area contributed by atoms with Gasteiger partial charge in [0, 0.05) is 13.1 Å². The van der Waals surface area contributed by atoms with Crippen LogP contribution in [-0.4, -0.2) is 55.3 Å². The van der Waals surface area contributed by atoms with Gasteiger partial charge in [-0.1, -0.05) is 13.8 Å². The summed E-state index contributed by atoms with van der Waals surface area (Å²) in [5.41, 5.74) is -0.458. The standard InChI is InChI=1S/C17H32N2O4/c1-12(2)14(15(20)22-6)18-11-13-7-9-19(10-8-13)16(21)23-17(3,4)5/h12-14,18H,7-11H2,1-6H3. The van der Waals surface area contributed by atoms with Crippen LogP contribution in [0.2, 0.25) is 0 Å². The van der Waals surface area contributed by atoms with Crippen LogP contribution < -0.4 is 5.32 Å². The van der Waals surface area contributed by atoms with Crippen LogP contribution in [0.25, 0.3) is 0 Å². The number of methoxy groups -OCH3 is 1.